The number of carbonyl (C=O) groups excluding carboxylic acids is 1. The Balaban J connectivity index is 2.23. The molecule has 5 nitrogen and oxygen atoms in total. The van der Waals surface area contributed by atoms with Crippen molar-refractivity contribution in [2.45, 2.75) is 0 Å². The Morgan fingerprint density at radius 2 is 1.62 bits per heavy atom. The lowest BCUT2D eigenvalue weighted by Crippen LogP contribution is -2.17. The number of para-hydroxylation sites is 1. The molecule has 0 spiro atoms. The summed E-state index contributed by atoms with van der Waals surface area (Å²) in [5.41, 5.74) is 1.10. The van der Waals surface area contributed by atoms with Crippen LogP contribution in [0.5, 0.6) is 11.5 Å². The third-order valence-corrected chi connectivity index (χ3v) is 3.45. The Kier molecular flexibility index (Phi) is 3.10. The Labute approximate surface area is 121 Å². The van der Waals surface area contributed by atoms with E-state index >= 15 is 0 Å². The second-order valence-electron chi connectivity index (χ2n) is 4.53. The van der Waals surface area contributed by atoms with Gasteiger partial charge in [-0.05, 0) is 18.2 Å². The summed E-state index contributed by atoms with van der Waals surface area (Å²) >= 11 is 0. The summed E-state index contributed by atoms with van der Waals surface area (Å²) in [5.74, 6) is 0.513. The first-order chi connectivity index (χ1) is 10.2. The van der Waals surface area contributed by atoms with Crippen molar-refractivity contribution >= 4 is 17.2 Å². The van der Waals surface area contributed by atoms with Crippen LogP contribution in [0.2, 0.25) is 0 Å². The van der Waals surface area contributed by atoms with Gasteiger partial charge in [-0.1, -0.05) is 18.2 Å². The number of rotatable bonds is 3. The summed E-state index contributed by atoms with van der Waals surface area (Å²) in [7, 11) is 2.97. The van der Waals surface area contributed by atoms with Gasteiger partial charge in [0.2, 0.25) is 5.69 Å². The van der Waals surface area contributed by atoms with Crippen LogP contribution >= 0.6 is 0 Å². The number of fused-ring (bicyclic) bond motifs is 1. The highest BCUT2D eigenvalue weighted by molar-refractivity contribution is 6.53. The van der Waals surface area contributed by atoms with Crippen molar-refractivity contribution < 1.29 is 19.0 Å². The van der Waals surface area contributed by atoms with Crippen molar-refractivity contribution in [1.82, 2.24) is 0 Å². The van der Waals surface area contributed by atoms with Crippen LogP contribution in [-0.4, -0.2) is 30.5 Å². The average Bonchev–Trinajstić information content (AvgIpc) is 2.79. The highest BCUT2D eigenvalue weighted by Gasteiger charge is 2.40. The average molecular weight is 283 g/mol. The monoisotopic (exact) mass is 283 g/mol. The fraction of sp³-hybridized carbons (Fsp3) is 0.125. The second kappa shape index (κ2) is 4.94. The van der Waals surface area contributed by atoms with E-state index < -0.39 is 0 Å². The van der Waals surface area contributed by atoms with Crippen LogP contribution in [0.15, 0.2) is 42.5 Å². The number of benzene rings is 2. The second-order valence-corrected chi connectivity index (χ2v) is 4.53. The molecule has 1 heterocycles. The molecule has 0 atom stereocenters. The molecule has 0 N–H and O–H groups in total. The molecular formula is C16H13NO4. The van der Waals surface area contributed by atoms with Crippen LogP contribution in [0.4, 0.5) is 5.69 Å². The number of methoxy groups -OCH3 is 2. The largest absolute Gasteiger partial charge is 0.618 e. The molecule has 0 bridgehead atoms. The van der Waals surface area contributed by atoms with Gasteiger partial charge in [0.1, 0.15) is 17.1 Å². The van der Waals surface area contributed by atoms with Crippen LogP contribution in [0.3, 0.4) is 0 Å². The molecule has 0 aromatic heterocycles. The lowest BCUT2D eigenvalue weighted by molar-refractivity contribution is -0.355. The number of ketones is 1. The van der Waals surface area contributed by atoms with E-state index in [0.29, 0.717) is 27.5 Å². The van der Waals surface area contributed by atoms with E-state index in [9.17, 15) is 10.0 Å². The molecule has 0 radical (unpaired) electrons. The number of ether oxygens (including phenoxy) is 2. The number of hydrogen-bond donors (Lipinski definition) is 0. The van der Waals surface area contributed by atoms with Crippen LogP contribution in [0.25, 0.3) is 0 Å². The number of nitrogens with zero attached hydrogens (tertiary/aromatic N) is 1. The lowest BCUT2D eigenvalue weighted by Gasteiger charge is -2.06. The maximum Gasteiger partial charge on any atom is 0.276 e. The molecule has 106 valence electrons. The zero-order chi connectivity index (χ0) is 15.0. The van der Waals surface area contributed by atoms with E-state index in [2.05, 4.69) is 0 Å². The molecule has 0 unspecified atom stereocenters. The van der Waals surface area contributed by atoms with Crippen molar-refractivity contribution in [3.8, 4) is 11.5 Å². The topological polar surface area (TPSA) is 61.6 Å². The number of hydrogen-bond acceptors (Lipinski definition) is 4. The van der Waals surface area contributed by atoms with Gasteiger partial charge < -0.3 is 14.7 Å². The smallest absolute Gasteiger partial charge is 0.276 e. The van der Waals surface area contributed by atoms with E-state index in [0.717, 1.165) is 0 Å². The van der Waals surface area contributed by atoms with E-state index in [1.165, 1.54) is 14.2 Å². The molecule has 0 fully saturated rings. The highest BCUT2D eigenvalue weighted by Crippen LogP contribution is 2.36. The minimum atomic E-state index is -0.359. The molecule has 0 aliphatic carbocycles. The van der Waals surface area contributed by atoms with Crippen molar-refractivity contribution in [2.75, 3.05) is 14.2 Å². The van der Waals surface area contributed by atoms with Crippen LogP contribution in [-0.2, 0) is 0 Å². The van der Waals surface area contributed by atoms with Crippen molar-refractivity contribution in [3.63, 3.8) is 0 Å². The molecule has 2 aromatic rings. The molecule has 3 rings (SSSR count). The zero-order valence-corrected chi connectivity index (χ0v) is 11.6. The predicted octanol–water partition coefficient (Wildman–Crippen LogP) is 2.53. The summed E-state index contributed by atoms with van der Waals surface area (Å²) < 4.78 is 11.1. The van der Waals surface area contributed by atoms with Gasteiger partial charge >= 0.3 is 0 Å². The molecule has 5 heteroatoms. The standard InChI is InChI=1S/C16H13NO4/c1-20-12-8-4-3-6-10(12)15-16(18)14-11(17(15)19)7-5-9-13(14)21-2/h3-9H,1-2H3. The molecule has 0 amide bonds. The van der Waals surface area contributed by atoms with Gasteiger partial charge in [0.05, 0.1) is 19.8 Å². The molecular weight excluding hydrogens is 270 g/mol. The van der Waals surface area contributed by atoms with Crippen LogP contribution in [0, 0.1) is 5.21 Å². The minimum absolute atomic E-state index is 0.0481. The maximum atomic E-state index is 12.6. The van der Waals surface area contributed by atoms with Crippen molar-refractivity contribution in [1.29, 1.82) is 0 Å². The molecule has 1 aliphatic heterocycles. The van der Waals surface area contributed by atoms with E-state index in [1.807, 2.05) is 0 Å². The predicted molar refractivity (Wildman–Crippen MR) is 77.7 cm³/mol. The first-order valence-corrected chi connectivity index (χ1v) is 6.38. The molecule has 21 heavy (non-hydrogen) atoms. The Hall–Kier alpha value is -2.82. The van der Waals surface area contributed by atoms with Gasteiger partial charge in [-0.25, -0.2) is 0 Å². The number of Topliss-reactive ketones (excluding diaryl/α,β-unsaturated/α-hetero) is 1. The number of carbonyl (C=O) groups is 1. The third-order valence-electron chi connectivity index (χ3n) is 3.45. The van der Waals surface area contributed by atoms with E-state index in [1.54, 1.807) is 42.5 Å². The van der Waals surface area contributed by atoms with Gasteiger partial charge in [0.15, 0.2) is 0 Å². The van der Waals surface area contributed by atoms with E-state index in [4.69, 9.17) is 9.47 Å². The SMILES string of the molecule is COc1ccccc1C1=[N+]([O-])c2cccc(OC)c2C1=O. The highest BCUT2D eigenvalue weighted by atomic mass is 16.5. The molecule has 2 aromatic carbocycles. The van der Waals surface area contributed by atoms with Crippen LogP contribution < -0.4 is 9.47 Å². The summed E-state index contributed by atoms with van der Waals surface area (Å²) in [6.45, 7) is 0. The van der Waals surface area contributed by atoms with Crippen molar-refractivity contribution in [2.24, 2.45) is 0 Å². The van der Waals surface area contributed by atoms with Crippen LogP contribution in [0.1, 0.15) is 15.9 Å². The van der Waals surface area contributed by atoms with Gasteiger partial charge in [0.25, 0.3) is 11.5 Å². The van der Waals surface area contributed by atoms with Gasteiger partial charge in [-0.15, -0.1) is 0 Å². The molecule has 1 aliphatic rings. The Bertz CT molecular complexity index is 765. The quantitative estimate of drug-likeness (QED) is 0.641. The Morgan fingerprint density at radius 3 is 2.33 bits per heavy atom. The fourth-order valence-corrected chi connectivity index (χ4v) is 2.49. The third kappa shape index (κ3) is 1.86. The zero-order valence-electron chi connectivity index (χ0n) is 11.6. The molecule has 0 saturated heterocycles. The normalized spacial score (nSPS) is 13.3. The summed E-state index contributed by atoms with van der Waals surface area (Å²) in [6, 6.07) is 11.9. The molecule has 0 saturated carbocycles. The summed E-state index contributed by atoms with van der Waals surface area (Å²) in [5, 5.41) is 12.5. The van der Waals surface area contributed by atoms with E-state index in [-0.39, 0.29) is 17.1 Å². The summed E-state index contributed by atoms with van der Waals surface area (Å²) in [4.78, 5) is 12.6. The summed E-state index contributed by atoms with van der Waals surface area (Å²) in [6.07, 6.45) is 0. The Morgan fingerprint density at radius 1 is 0.952 bits per heavy atom. The first-order valence-electron chi connectivity index (χ1n) is 6.38. The van der Waals surface area contributed by atoms with Gasteiger partial charge in [-0.3, -0.25) is 4.79 Å². The van der Waals surface area contributed by atoms with Gasteiger partial charge in [-0.2, -0.15) is 4.74 Å². The maximum absolute atomic E-state index is 12.6. The fourth-order valence-electron chi connectivity index (χ4n) is 2.49. The minimum Gasteiger partial charge on any atom is -0.618 e. The van der Waals surface area contributed by atoms with Gasteiger partial charge in [0, 0.05) is 6.07 Å². The lowest BCUT2D eigenvalue weighted by atomic mass is 10.0. The first kappa shape index (κ1) is 13.2. The van der Waals surface area contributed by atoms with Crippen molar-refractivity contribution in [3.05, 3.63) is 58.8 Å².